The van der Waals surface area contributed by atoms with Gasteiger partial charge in [0.05, 0.1) is 0 Å². The molecule has 0 saturated heterocycles. The van der Waals surface area contributed by atoms with E-state index >= 15 is 0 Å². The van der Waals surface area contributed by atoms with Crippen molar-refractivity contribution in [2.45, 2.75) is 39.2 Å². The first-order chi connectivity index (χ1) is 10.1. The van der Waals surface area contributed by atoms with Crippen molar-refractivity contribution in [1.82, 2.24) is 5.32 Å². The van der Waals surface area contributed by atoms with E-state index in [1.165, 1.54) is 11.1 Å². The molecule has 1 atom stereocenters. The fourth-order valence-corrected chi connectivity index (χ4v) is 2.21. The highest BCUT2D eigenvalue weighted by atomic mass is 16.5. The molecule has 0 bridgehead atoms. The van der Waals surface area contributed by atoms with Crippen LogP contribution in [0.4, 0.5) is 0 Å². The second-order valence-corrected chi connectivity index (χ2v) is 5.55. The lowest BCUT2D eigenvalue weighted by Crippen LogP contribution is -2.32. The van der Waals surface area contributed by atoms with E-state index in [4.69, 9.17) is 9.47 Å². The van der Waals surface area contributed by atoms with Crippen LogP contribution in [-0.4, -0.2) is 44.6 Å². The summed E-state index contributed by atoms with van der Waals surface area (Å²) >= 11 is 0. The van der Waals surface area contributed by atoms with E-state index in [1.807, 2.05) is 26.0 Å². The number of hydrogen-bond acceptors (Lipinski definition) is 4. The van der Waals surface area contributed by atoms with Gasteiger partial charge in [-0.3, -0.25) is 0 Å². The van der Waals surface area contributed by atoms with E-state index in [0.717, 1.165) is 38.2 Å². The van der Waals surface area contributed by atoms with Crippen LogP contribution >= 0.6 is 0 Å². The summed E-state index contributed by atoms with van der Waals surface area (Å²) in [7, 11) is 1.73. The molecule has 1 unspecified atom stereocenters. The van der Waals surface area contributed by atoms with Crippen molar-refractivity contribution < 1.29 is 14.6 Å². The van der Waals surface area contributed by atoms with Gasteiger partial charge >= 0.3 is 0 Å². The first kappa shape index (κ1) is 18.0. The molecule has 120 valence electrons. The highest BCUT2D eigenvalue weighted by Gasteiger charge is 2.05. The fourth-order valence-electron chi connectivity index (χ4n) is 2.21. The first-order valence-corrected chi connectivity index (χ1v) is 7.70. The van der Waals surface area contributed by atoms with E-state index < -0.39 is 6.10 Å². The van der Waals surface area contributed by atoms with Crippen molar-refractivity contribution in [3.63, 3.8) is 0 Å². The minimum atomic E-state index is -0.482. The van der Waals surface area contributed by atoms with Crippen LogP contribution in [0.2, 0.25) is 0 Å². The number of rotatable bonds is 11. The Labute approximate surface area is 128 Å². The van der Waals surface area contributed by atoms with Crippen LogP contribution in [0.15, 0.2) is 18.2 Å². The Kier molecular flexibility index (Phi) is 9.06. The Balaban J connectivity index is 2.09. The zero-order chi connectivity index (χ0) is 15.5. The third kappa shape index (κ3) is 8.71. The number of aliphatic hydroxyl groups is 1. The van der Waals surface area contributed by atoms with Crippen LogP contribution in [0.3, 0.4) is 0 Å². The molecule has 0 amide bonds. The Hall–Kier alpha value is -1.10. The minimum absolute atomic E-state index is 0.319. The number of nitrogens with one attached hydrogen (secondary N) is 1. The van der Waals surface area contributed by atoms with Gasteiger partial charge in [-0.05, 0) is 62.9 Å². The summed E-state index contributed by atoms with van der Waals surface area (Å²) in [5, 5.41) is 13.1. The van der Waals surface area contributed by atoms with Gasteiger partial charge in [-0.15, -0.1) is 0 Å². The number of aliphatic hydroxyl groups excluding tert-OH is 1. The highest BCUT2D eigenvalue weighted by Crippen LogP contribution is 2.16. The predicted molar refractivity (Wildman–Crippen MR) is 86.0 cm³/mol. The minimum Gasteiger partial charge on any atom is -0.491 e. The summed E-state index contributed by atoms with van der Waals surface area (Å²) in [6, 6.07) is 6.08. The standard InChI is InChI=1S/C17H29NO3/c1-14-9-15(2)11-17(10-14)21-13-16(19)12-18-7-5-4-6-8-20-3/h9-11,16,18-19H,4-8,12-13H2,1-3H3. The van der Waals surface area contributed by atoms with Gasteiger partial charge in [-0.2, -0.15) is 0 Å². The number of aryl methyl sites for hydroxylation is 2. The normalized spacial score (nSPS) is 12.4. The van der Waals surface area contributed by atoms with Crippen molar-refractivity contribution in [1.29, 1.82) is 0 Å². The molecule has 1 aromatic rings. The van der Waals surface area contributed by atoms with Gasteiger partial charge in [0.25, 0.3) is 0 Å². The quantitative estimate of drug-likeness (QED) is 0.616. The van der Waals surface area contributed by atoms with Crippen LogP contribution < -0.4 is 10.1 Å². The summed E-state index contributed by atoms with van der Waals surface area (Å²) in [5.41, 5.74) is 2.35. The molecule has 0 aromatic heterocycles. The van der Waals surface area contributed by atoms with Crippen LogP contribution in [0, 0.1) is 13.8 Å². The van der Waals surface area contributed by atoms with Gasteiger partial charge in [0, 0.05) is 20.3 Å². The molecule has 2 N–H and O–H groups in total. The van der Waals surface area contributed by atoms with Crippen molar-refractivity contribution in [3.8, 4) is 5.75 Å². The zero-order valence-electron chi connectivity index (χ0n) is 13.5. The summed E-state index contributed by atoms with van der Waals surface area (Å²) in [6.45, 7) is 6.72. The molecular formula is C17H29NO3. The summed E-state index contributed by atoms with van der Waals surface area (Å²) in [6.07, 6.45) is 2.87. The van der Waals surface area contributed by atoms with Gasteiger partial charge in [0.1, 0.15) is 18.5 Å². The number of hydrogen-bond donors (Lipinski definition) is 2. The monoisotopic (exact) mass is 295 g/mol. The molecule has 0 radical (unpaired) electrons. The molecule has 0 spiro atoms. The zero-order valence-corrected chi connectivity index (χ0v) is 13.5. The van der Waals surface area contributed by atoms with Crippen molar-refractivity contribution >= 4 is 0 Å². The summed E-state index contributed by atoms with van der Waals surface area (Å²) in [5.74, 6) is 0.825. The maximum absolute atomic E-state index is 9.88. The maximum atomic E-state index is 9.88. The molecule has 0 aliphatic rings. The molecule has 21 heavy (non-hydrogen) atoms. The molecular weight excluding hydrogens is 266 g/mol. The van der Waals surface area contributed by atoms with Gasteiger partial charge in [-0.1, -0.05) is 6.07 Å². The average Bonchev–Trinajstić information content (AvgIpc) is 2.43. The molecule has 0 heterocycles. The third-order valence-corrected chi connectivity index (χ3v) is 3.22. The van der Waals surface area contributed by atoms with Crippen LogP contribution in [-0.2, 0) is 4.74 Å². The largest absolute Gasteiger partial charge is 0.491 e. The van der Waals surface area contributed by atoms with E-state index in [2.05, 4.69) is 11.4 Å². The first-order valence-electron chi connectivity index (χ1n) is 7.70. The van der Waals surface area contributed by atoms with Crippen molar-refractivity contribution in [2.75, 3.05) is 33.4 Å². The number of ether oxygens (including phenoxy) is 2. The summed E-state index contributed by atoms with van der Waals surface area (Å²) in [4.78, 5) is 0. The van der Waals surface area contributed by atoms with E-state index in [-0.39, 0.29) is 0 Å². The predicted octanol–water partition coefficient (Wildman–Crippen LogP) is 2.45. The Bertz CT molecular complexity index is 375. The number of unbranched alkanes of at least 4 members (excludes halogenated alkanes) is 2. The van der Waals surface area contributed by atoms with Crippen LogP contribution in [0.25, 0.3) is 0 Å². The van der Waals surface area contributed by atoms with Crippen molar-refractivity contribution in [3.05, 3.63) is 29.3 Å². The molecule has 4 heteroatoms. The van der Waals surface area contributed by atoms with Gasteiger partial charge in [0.2, 0.25) is 0 Å². The lowest BCUT2D eigenvalue weighted by Gasteiger charge is -2.14. The number of methoxy groups -OCH3 is 1. The maximum Gasteiger partial charge on any atom is 0.119 e. The SMILES string of the molecule is COCCCCCNCC(O)COc1cc(C)cc(C)c1. The van der Waals surface area contributed by atoms with Crippen LogP contribution in [0.1, 0.15) is 30.4 Å². The Morgan fingerprint density at radius 2 is 1.81 bits per heavy atom. The Morgan fingerprint density at radius 3 is 2.48 bits per heavy atom. The van der Waals surface area contributed by atoms with Gasteiger partial charge < -0.3 is 19.9 Å². The molecule has 0 aliphatic carbocycles. The lowest BCUT2D eigenvalue weighted by molar-refractivity contribution is 0.106. The smallest absolute Gasteiger partial charge is 0.119 e. The van der Waals surface area contributed by atoms with Crippen molar-refractivity contribution in [2.24, 2.45) is 0 Å². The second kappa shape index (κ2) is 10.6. The van der Waals surface area contributed by atoms with Gasteiger partial charge in [-0.25, -0.2) is 0 Å². The molecule has 0 aliphatic heterocycles. The average molecular weight is 295 g/mol. The molecule has 4 nitrogen and oxygen atoms in total. The topological polar surface area (TPSA) is 50.7 Å². The molecule has 0 fully saturated rings. The number of benzene rings is 1. The van der Waals surface area contributed by atoms with Crippen LogP contribution in [0.5, 0.6) is 5.75 Å². The van der Waals surface area contributed by atoms with E-state index in [9.17, 15) is 5.11 Å². The molecule has 1 aromatic carbocycles. The molecule has 0 saturated carbocycles. The fraction of sp³-hybridized carbons (Fsp3) is 0.647. The lowest BCUT2D eigenvalue weighted by atomic mass is 10.1. The van der Waals surface area contributed by atoms with E-state index in [0.29, 0.717) is 13.2 Å². The second-order valence-electron chi connectivity index (χ2n) is 5.55. The Morgan fingerprint density at radius 1 is 1.10 bits per heavy atom. The van der Waals surface area contributed by atoms with E-state index in [1.54, 1.807) is 7.11 Å². The highest BCUT2D eigenvalue weighted by molar-refractivity contribution is 5.32. The van der Waals surface area contributed by atoms with Gasteiger partial charge in [0.15, 0.2) is 0 Å². The molecule has 1 rings (SSSR count). The third-order valence-electron chi connectivity index (χ3n) is 3.22. The summed E-state index contributed by atoms with van der Waals surface area (Å²) < 4.78 is 10.6.